The van der Waals surface area contributed by atoms with E-state index in [2.05, 4.69) is 19.1 Å². The zero-order valence-corrected chi connectivity index (χ0v) is 12.6. The van der Waals surface area contributed by atoms with Gasteiger partial charge in [-0.05, 0) is 23.6 Å². The second-order valence-corrected chi connectivity index (χ2v) is 5.71. The fourth-order valence-electron chi connectivity index (χ4n) is 2.91. The van der Waals surface area contributed by atoms with Crippen LogP contribution >= 0.6 is 0 Å². The summed E-state index contributed by atoms with van der Waals surface area (Å²) >= 11 is 0. The van der Waals surface area contributed by atoms with Gasteiger partial charge in [-0.1, -0.05) is 55.5 Å². The summed E-state index contributed by atoms with van der Waals surface area (Å²) < 4.78 is 11.2. The molecule has 114 valence electrons. The third-order valence-corrected chi connectivity index (χ3v) is 4.33. The minimum absolute atomic E-state index is 0.0436. The Morgan fingerprint density at radius 1 is 1.09 bits per heavy atom. The molecule has 3 nitrogen and oxygen atoms in total. The topological polar surface area (TPSA) is 35.5 Å². The van der Waals surface area contributed by atoms with Crippen LogP contribution in [0.1, 0.15) is 28.8 Å². The molecular formula is C19H20O3. The van der Waals surface area contributed by atoms with E-state index in [9.17, 15) is 4.79 Å². The van der Waals surface area contributed by atoms with Gasteiger partial charge < -0.3 is 9.47 Å². The van der Waals surface area contributed by atoms with Crippen LogP contribution in [0, 0.1) is 5.92 Å². The molecule has 0 bridgehead atoms. The summed E-state index contributed by atoms with van der Waals surface area (Å²) in [6, 6.07) is 19.4. The van der Waals surface area contributed by atoms with Crippen molar-refractivity contribution in [3.63, 3.8) is 0 Å². The van der Waals surface area contributed by atoms with E-state index in [0.29, 0.717) is 30.6 Å². The third kappa shape index (κ3) is 3.20. The van der Waals surface area contributed by atoms with Gasteiger partial charge in [0, 0.05) is 5.92 Å². The molecule has 0 aliphatic carbocycles. The van der Waals surface area contributed by atoms with Crippen LogP contribution in [-0.2, 0) is 9.47 Å². The summed E-state index contributed by atoms with van der Waals surface area (Å²) in [7, 11) is 0. The fraction of sp³-hybridized carbons (Fsp3) is 0.316. The smallest absolute Gasteiger partial charge is 0.338 e. The maximum atomic E-state index is 12.0. The molecule has 3 rings (SSSR count). The van der Waals surface area contributed by atoms with Crippen molar-refractivity contribution in [1.82, 2.24) is 0 Å². The average molecular weight is 296 g/mol. The zero-order chi connectivity index (χ0) is 15.4. The first-order valence-corrected chi connectivity index (χ1v) is 7.64. The Morgan fingerprint density at radius 3 is 2.41 bits per heavy atom. The molecule has 0 amide bonds. The predicted octanol–water partition coefficient (Wildman–Crippen LogP) is 3.66. The first-order chi connectivity index (χ1) is 10.8. The molecule has 2 aromatic rings. The van der Waals surface area contributed by atoms with Crippen molar-refractivity contribution < 1.29 is 14.3 Å². The quantitative estimate of drug-likeness (QED) is 0.808. The number of esters is 1. The molecule has 0 aromatic heterocycles. The van der Waals surface area contributed by atoms with E-state index in [1.165, 1.54) is 5.56 Å². The number of hydrogen-bond donors (Lipinski definition) is 0. The second-order valence-electron chi connectivity index (χ2n) is 5.71. The molecule has 0 N–H and O–H groups in total. The lowest BCUT2D eigenvalue weighted by molar-refractivity contribution is 0.00797. The minimum Gasteiger partial charge on any atom is -0.459 e. The molecule has 0 radical (unpaired) electrons. The molecule has 1 fully saturated rings. The van der Waals surface area contributed by atoms with Crippen molar-refractivity contribution in [2.24, 2.45) is 5.92 Å². The number of carbonyl (C=O) groups excluding carboxylic acids is 1. The molecule has 22 heavy (non-hydrogen) atoms. The number of carbonyl (C=O) groups is 1. The summed E-state index contributed by atoms with van der Waals surface area (Å²) in [6.45, 7) is 3.14. The van der Waals surface area contributed by atoms with Crippen molar-refractivity contribution in [3.8, 4) is 0 Å². The van der Waals surface area contributed by atoms with Crippen molar-refractivity contribution in [2.75, 3.05) is 13.2 Å². The van der Waals surface area contributed by atoms with Gasteiger partial charge in [0.2, 0.25) is 0 Å². The van der Waals surface area contributed by atoms with E-state index in [1.54, 1.807) is 12.1 Å². The maximum absolute atomic E-state index is 12.0. The van der Waals surface area contributed by atoms with Gasteiger partial charge >= 0.3 is 5.97 Å². The average Bonchev–Trinajstić information content (AvgIpc) is 2.95. The van der Waals surface area contributed by atoms with Crippen LogP contribution in [0.25, 0.3) is 0 Å². The van der Waals surface area contributed by atoms with Crippen LogP contribution < -0.4 is 0 Å². The van der Waals surface area contributed by atoms with Crippen LogP contribution in [0.15, 0.2) is 60.7 Å². The Labute approximate surface area is 130 Å². The number of benzene rings is 2. The molecule has 1 aliphatic rings. The number of rotatable bonds is 4. The number of hydrogen-bond acceptors (Lipinski definition) is 3. The Bertz CT molecular complexity index is 609. The highest BCUT2D eigenvalue weighted by Crippen LogP contribution is 2.35. The summed E-state index contributed by atoms with van der Waals surface area (Å²) in [5.74, 6) is 0.396. The minimum atomic E-state index is -0.292. The summed E-state index contributed by atoms with van der Waals surface area (Å²) in [5, 5.41) is 0. The zero-order valence-electron chi connectivity index (χ0n) is 12.6. The van der Waals surface area contributed by atoms with Crippen molar-refractivity contribution in [2.45, 2.75) is 18.9 Å². The van der Waals surface area contributed by atoms with Gasteiger partial charge in [0.05, 0.1) is 18.3 Å². The Kier molecular flexibility index (Phi) is 4.54. The summed E-state index contributed by atoms with van der Waals surface area (Å²) in [6.07, 6.45) is -0.0436. The van der Waals surface area contributed by atoms with Gasteiger partial charge in [-0.3, -0.25) is 0 Å². The first-order valence-electron chi connectivity index (χ1n) is 7.64. The third-order valence-electron chi connectivity index (χ3n) is 4.33. The molecule has 0 saturated carbocycles. The first kappa shape index (κ1) is 14.8. The summed E-state index contributed by atoms with van der Waals surface area (Å²) in [5.41, 5.74) is 1.86. The standard InChI is InChI=1S/C19H20O3/c1-14-17(15-8-4-2-5-9-15)12-21-18(14)13-22-19(20)16-10-6-3-7-11-16/h2-11,14,17-18H,12-13H2,1H3/t14-,17-,18+/m0/s1. The van der Waals surface area contributed by atoms with Crippen molar-refractivity contribution in [1.29, 1.82) is 0 Å². The molecule has 3 atom stereocenters. The van der Waals surface area contributed by atoms with E-state index in [-0.39, 0.29) is 12.1 Å². The summed E-state index contributed by atoms with van der Waals surface area (Å²) in [4.78, 5) is 12.0. The fourth-order valence-corrected chi connectivity index (χ4v) is 2.91. The lowest BCUT2D eigenvalue weighted by atomic mass is 9.87. The molecular weight excluding hydrogens is 276 g/mol. The molecule has 0 unspecified atom stereocenters. The largest absolute Gasteiger partial charge is 0.459 e. The number of ether oxygens (including phenoxy) is 2. The highest BCUT2D eigenvalue weighted by molar-refractivity contribution is 5.89. The van der Waals surface area contributed by atoms with Crippen LogP contribution in [0.4, 0.5) is 0 Å². The molecule has 2 aromatic carbocycles. The van der Waals surface area contributed by atoms with Gasteiger partial charge in [0.25, 0.3) is 0 Å². The van der Waals surface area contributed by atoms with Gasteiger partial charge in [0.1, 0.15) is 6.61 Å². The molecule has 3 heteroatoms. The van der Waals surface area contributed by atoms with Gasteiger partial charge in [-0.25, -0.2) is 4.79 Å². The van der Waals surface area contributed by atoms with Crippen LogP contribution in [-0.4, -0.2) is 25.3 Å². The van der Waals surface area contributed by atoms with Crippen molar-refractivity contribution in [3.05, 3.63) is 71.8 Å². The van der Waals surface area contributed by atoms with E-state index in [1.807, 2.05) is 36.4 Å². The van der Waals surface area contributed by atoms with E-state index in [0.717, 1.165) is 0 Å². The van der Waals surface area contributed by atoms with Gasteiger partial charge in [0.15, 0.2) is 0 Å². The Balaban J connectivity index is 1.57. The maximum Gasteiger partial charge on any atom is 0.338 e. The van der Waals surface area contributed by atoms with Crippen LogP contribution in [0.3, 0.4) is 0 Å². The highest BCUT2D eigenvalue weighted by atomic mass is 16.6. The SMILES string of the molecule is C[C@H]1[C@@H](c2ccccc2)CO[C@@H]1COC(=O)c1ccccc1. The highest BCUT2D eigenvalue weighted by Gasteiger charge is 2.35. The lowest BCUT2D eigenvalue weighted by Gasteiger charge is -2.18. The van der Waals surface area contributed by atoms with Gasteiger partial charge in [-0.15, -0.1) is 0 Å². The lowest BCUT2D eigenvalue weighted by Crippen LogP contribution is -2.24. The van der Waals surface area contributed by atoms with Crippen LogP contribution in [0.2, 0.25) is 0 Å². The monoisotopic (exact) mass is 296 g/mol. The molecule has 1 aliphatic heterocycles. The molecule has 1 saturated heterocycles. The molecule has 1 heterocycles. The van der Waals surface area contributed by atoms with E-state index < -0.39 is 0 Å². The van der Waals surface area contributed by atoms with Gasteiger partial charge in [-0.2, -0.15) is 0 Å². The van der Waals surface area contributed by atoms with E-state index in [4.69, 9.17) is 9.47 Å². The second kappa shape index (κ2) is 6.75. The Morgan fingerprint density at radius 2 is 1.73 bits per heavy atom. The molecule has 0 spiro atoms. The van der Waals surface area contributed by atoms with Crippen molar-refractivity contribution >= 4 is 5.97 Å². The normalized spacial score (nSPS) is 24.1. The van der Waals surface area contributed by atoms with E-state index >= 15 is 0 Å². The predicted molar refractivity (Wildman–Crippen MR) is 84.8 cm³/mol. The van der Waals surface area contributed by atoms with Crippen LogP contribution in [0.5, 0.6) is 0 Å². The Hall–Kier alpha value is -2.13.